The lowest BCUT2D eigenvalue weighted by atomic mass is 10.1. The van der Waals surface area contributed by atoms with E-state index in [1.165, 1.54) is 70.0 Å². The highest BCUT2D eigenvalue weighted by atomic mass is 32.2. The lowest BCUT2D eigenvalue weighted by molar-refractivity contribution is 0.329. The van der Waals surface area contributed by atoms with Crippen LogP contribution in [0.15, 0.2) is 4.99 Å². The molecule has 0 aromatic rings. The van der Waals surface area contributed by atoms with Gasteiger partial charge < -0.3 is 4.74 Å². The number of thioether (sulfide) groups is 1. The van der Waals surface area contributed by atoms with Gasteiger partial charge in [-0.2, -0.15) is 11.8 Å². The molecule has 2 nitrogen and oxygen atoms in total. The van der Waals surface area contributed by atoms with E-state index >= 15 is 0 Å². The lowest BCUT2D eigenvalue weighted by Crippen LogP contribution is -2.13. The van der Waals surface area contributed by atoms with Crippen molar-refractivity contribution in [2.24, 2.45) is 10.9 Å². The predicted octanol–water partition coefficient (Wildman–Crippen LogP) is 5.71. The zero-order valence-electron chi connectivity index (χ0n) is 14.2. The van der Waals surface area contributed by atoms with Crippen LogP contribution in [-0.2, 0) is 4.74 Å². The number of hydrogen-bond acceptors (Lipinski definition) is 3. The van der Waals surface area contributed by atoms with E-state index in [4.69, 9.17) is 4.74 Å². The Hall–Kier alpha value is -0.180. The van der Waals surface area contributed by atoms with Crippen LogP contribution in [0.25, 0.3) is 0 Å². The van der Waals surface area contributed by atoms with E-state index < -0.39 is 0 Å². The molecule has 1 aliphatic heterocycles. The summed E-state index contributed by atoms with van der Waals surface area (Å²) in [6.07, 6.45) is 14.2. The molecule has 21 heavy (non-hydrogen) atoms. The van der Waals surface area contributed by atoms with Crippen molar-refractivity contribution < 1.29 is 4.74 Å². The predicted molar refractivity (Wildman–Crippen MR) is 96.6 cm³/mol. The smallest absolute Gasteiger partial charge is 0.187 e. The van der Waals surface area contributed by atoms with E-state index in [1.54, 1.807) is 0 Å². The van der Waals surface area contributed by atoms with E-state index in [1.807, 2.05) is 0 Å². The third kappa shape index (κ3) is 10.2. The maximum atomic E-state index is 5.51. The molecule has 0 spiro atoms. The van der Waals surface area contributed by atoms with Crippen LogP contribution in [0.3, 0.4) is 0 Å². The molecule has 0 aromatic heterocycles. The molecule has 1 atom stereocenters. The number of hydrogen-bond donors (Lipinski definition) is 0. The fraction of sp³-hybridized carbons (Fsp3) is 0.944. The van der Waals surface area contributed by atoms with E-state index in [-0.39, 0.29) is 0 Å². The molecule has 0 N–H and O–H groups in total. The molecule has 0 amide bonds. The number of unbranched alkanes of at least 4 members (excludes halogenated alkanes) is 9. The molecular weight excluding hydrogens is 278 g/mol. The Labute approximate surface area is 136 Å². The molecule has 1 aliphatic rings. The fourth-order valence-corrected chi connectivity index (χ4v) is 3.74. The number of nitrogens with zero attached hydrogens (tertiary/aromatic N) is 1. The van der Waals surface area contributed by atoms with Gasteiger partial charge in [0.05, 0.1) is 6.54 Å². The molecule has 0 aromatic carbocycles. The summed E-state index contributed by atoms with van der Waals surface area (Å²) in [5, 5.41) is 0. The number of aliphatic imine (C=N–C) groups is 1. The first kappa shape index (κ1) is 18.9. The first-order valence-corrected chi connectivity index (χ1v) is 10.2. The average Bonchev–Trinajstić information content (AvgIpc) is 3.02. The summed E-state index contributed by atoms with van der Waals surface area (Å²) in [5.74, 6) is 3.95. The second-order valence-corrected chi connectivity index (χ2v) is 7.38. The topological polar surface area (TPSA) is 21.6 Å². The summed E-state index contributed by atoms with van der Waals surface area (Å²) < 4.78 is 5.51. The summed E-state index contributed by atoms with van der Waals surface area (Å²) in [6.45, 7) is 6.17. The Morgan fingerprint density at radius 2 is 1.62 bits per heavy atom. The Morgan fingerprint density at radius 3 is 2.19 bits per heavy atom. The van der Waals surface area contributed by atoms with Gasteiger partial charge in [0, 0.05) is 11.7 Å². The van der Waals surface area contributed by atoms with Crippen LogP contribution in [-0.4, -0.2) is 30.6 Å². The average molecular weight is 314 g/mol. The molecule has 0 saturated carbocycles. The first-order chi connectivity index (χ1) is 10.3. The Bertz CT molecular complexity index is 268. The monoisotopic (exact) mass is 313 g/mol. The molecule has 3 heteroatoms. The molecule has 1 rings (SSSR count). The Kier molecular flexibility index (Phi) is 12.1. The lowest BCUT2D eigenvalue weighted by Gasteiger charge is -2.10. The van der Waals surface area contributed by atoms with Crippen molar-refractivity contribution in [2.75, 3.05) is 24.7 Å². The minimum atomic E-state index is 0.501. The van der Waals surface area contributed by atoms with Crippen molar-refractivity contribution in [1.82, 2.24) is 0 Å². The SMILES string of the molecule is CCCCCCCCCCCCSCC(C)C1=NCCO1. The summed E-state index contributed by atoms with van der Waals surface area (Å²) in [5.41, 5.74) is 0. The van der Waals surface area contributed by atoms with Crippen LogP contribution in [0.4, 0.5) is 0 Å². The van der Waals surface area contributed by atoms with Crippen molar-refractivity contribution >= 4 is 17.7 Å². The molecule has 1 heterocycles. The zero-order chi connectivity index (χ0) is 15.2. The van der Waals surface area contributed by atoms with Crippen LogP contribution in [0.1, 0.15) is 78.1 Å². The van der Waals surface area contributed by atoms with Gasteiger partial charge in [-0.3, -0.25) is 4.99 Å². The first-order valence-electron chi connectivity index (χ1n) is 9.09. The van der Waals surface area contributed by atoms with Crippen molar-refractivity contribution in [3.63, 3.8) is 0 Å². The van der Waals surface area contributed by atoms with E-state index in [9.17, 15) is 0 Å². The van der Waals surface area contributed by atoms with Crippen molar-refractivity contribution in [3.05, 3.63) is 0 Å². The maximum Gasteiger partial charge on any atom is 0.187 e. The molecule has 0 radical (unpaired) electrons. The molecular formula is C18H35NOS. The second-order valence-electron chi connectivity index (χ2n) is 6.23. The van der Waals surface area contributed by atoms with E-state index in [0.717, 1.165) is 24.8 Å². The van der Waals surface area contributed by atoms with Gasteiger partial charge in [-0.1, -0.05) is 71.6 Å². The van der Waals surface area contributed by atoms with Crippen LogP contribution in [0.2, 0.25) is 0 Å². The van der Waals surface area contributed by atoms with Gasteiger partial charge in [0.1, 0.15) is 6.61 Å². The maximum absolute atomic E-state index is 5.51. The van der Waals surface area contributed by atoms with Crippen LogP contribution >= 0.6 is 11.8 Å². The zero-order valence-corrected chi connectivity index (χ0v) is 15.1. The number of ether oxygens (including phenoxy) is 1. The molecule has 0 fully saturated rings. The highest BCUT2D eigenvalue weighted by Gasteiger charge is 2.15. The van der Waals surface area contributed by atoms with E-state index in [0.29, 0.717) is 5.92 Å². The van der Waals surface area contributed by atoms with Crippen LogP contribution in [0.5, 0.6) is 0 Å². The summed E-state index contributed by atoms with van der Waals surface area (Å²) in [4.78, 5) is 4.39. The minimum absolute atomic E-state index is 0.501. The summed E-state index contributed by atoms with van der Waals surface area (Å²) in [6, 6.07) is 0. The Balaban J connectivity index is 1.76. The van der Waals surface area contributed by atoms with Crippen LogP contribution in [0, 0.1) is 5.92 Å². The van der Waals surface area contributed by atoms with Gasteiger partial charge in [0.2, 0.25) is 0 Å². The fourth-order valence-electron chi connectivity index (χ4n) is 2.67. The number of rotatable bonds is 14. The van der Waals surface area contributed by atoms with Crippen molar-refractivity contribution in [3.8, 4) is 0 Å². The minimum Gasteiger partial charge on any atom is -0.479 e. The largest absolute Gasteiger partial charge is 0.479 e. The van der Waals surface area contributed by atoms with Gasteiger partial charge in [0.15, 0.2) is 5.90 Å². The Morgan fingerprint density at radius 1 is 1.00 bits per heavy atom. The normalized spacial score (nSPS) is 15.8. The van der Waals surface area contributed by atoms with Gasteiger partial charge in [-0.15, -0.1) is 0 Å². The molecule has 0 saturated heterocycles. The highest BCUT2D eigenvalue weighted by molar-refractivity contribution is 7.99. The van der Waals surface area contributed by atoms with Gasteiger partial charge in [-0.05, 0) is 12.2 Å². The highest BCUT2D eigenvalue weighted by Crippen LogP contribution is 2.16. The third-order valence-corrected chi connectivity index (χ3v) is 5.35. The van der Waals surface area contributed by atoms with Gasteiger partial charge in [-0.25, -0.2) is 0 Å². The van der Waals surface area contributed by atoms with E-state index in [2.05, 4.69) is 30.6 Å². The quantitative estimate of drug-likeness (QED) is 0.383. The standard InChI is InChI=1S/C18H35NOS/c1-3-4-5-6-7-8-9-10-11-12-15-21-16-17(2)18-19-13-14-20-18/h17H,3-16H2,1-2H3. The molecule has 1 unspecified atom stereocenters. The van der Waals surface area contributed by atoms with Gasteiger partial charge >= 0.3 is 0 Å². The molecule has 0 aliphatic carbocycles. The summed E-state index contributed by atoms with van der Waals surface area (Å²) in [7, 11) is 0. The van der Waals surface area contributed by atoms with Crippen LogP contribution < -0.4 is 0 Å². The molecule has 124 valence electrons. The third-order valence-electron chi connectivity index (χ3n) is 4.04. The van der Waals surface area contributed by atoms with Gasteiger partial charge in [0.25, 0.3) is 0 Å². The second kappa shape index (κ2) is 13.5. The summed E-state index contributed by atoms with van der Waals surface area (Å²) >= 11 is 2.06. The van der Waals surface area contributed by atoms with Crippen molar-refractivity contribution in [1.29, 1.82) is 0 Å². The van der Waals surface area contributed by atoms with Crippen molar-refractivity contribution in [2.45, 2.75) is 78.1 Å². The molecule has 0 bridgehead atoms.